The number of rotatable bonds is 11. The van der Waals surface area contributed by atoms with Crippen LogP contribution in [0.3, 0.4) is 0 Å². The summed E-state index contributed by atoms with van der Waals surface area (Å²) in [6.07, 6.45) is 15.0. The minimum absolute atomic E-state index is 0.320. The van der Waals surface area contributed by atoms with Gasteiger partial charge in [-0.3, -0.25) is 0 Å². The molecule has 0 aliphatic heterocycles. The smallest absolute Gasteiger partial charge is 0.396 e. The maximum Gasteiger partial charge on any atom is 0.466 e. The van der Waals surface area contributed by atoms with Crippen molar-refractivity contribution in [3.05, 3.63) is 34.9 Å². The van der Waals surface area contributed by atoms with E-state index in [1.165, 1.54) is 42.4 Å². The summed E-state index contributed by atoms with van der Waals surface area (Å²) in [5.41, 5.74) is 4.42. The number of hydrogen-bond acceptors (Lipinski definition) is 2. The topological polar surface area (TPSA) is 98.0 Å². The van der Waals surface area contributed by atoms with Gasteiger partial charge in [-0.15, -0.1) is 0 Å². The Bertz CT molecular complexity index is 476. The molecule has 26 heavy (non-hydrogen) atoms. The fourth-order valence-electron chi connectivity index (χ4n) is 2.32. The van der Waals surface area contributed by atoms with Crippen LogP contribution in [-0.4, -0.2) is 26.4 Å². The summed E-state index contributed by atoms with van der Waals surface area (Å²) in [7, 11) is -4.64. The van der Waals surface area contributed by atoms with Gasteiger partial charge >= 0.3 is 7.82 Å². The highest BCUT2D eigenvalue weighted by molar-refractivity contribution is 7.45. The molecule has 0 aromatic heterocycles. The minimum Gasteiger partial charge on any atom is -0.396 e. The second-order valence-electron chi connectivity index (χ2n) is 7.17. The lowest BCUT2D eigenvalue weighted by Crippen LogP contribution is -1.97. The second-order valence-corrected chi connectivity index (χ2v) is 8.19. The molecule has 5 nitrogen and oxygen atoms in total. The third kappa shape index (κ3) is 28.1. The quantitative estimate of drug-likeness (QED) is 0.284. The van der Waals surface area contributed by atoms with E-state index in [1.54, 1.807) is 0 Å². The highest BCUT2D eigenvalue weighted by Crippen LogP contribution is 2.25. The first-order valence-corrected chi connectivity index (χ1v) is 10.9. The molecule has 0 fully saturated rings. The Morgan fingerprint density at radius 3 is 1.69 bits per heavy atom. The van der Waals surface area contributed by atoms with E-state index in [2.05, 4.69) is 52.8 Å². The van der Waals surface area contributed by atoms with Gasteiger partial charge in [-0.05, 0) is 78.6 Å². The van der Waals surface area contributed by atoms with E-state index in [-0.39, 0.29) is 0 Å². The van der Waals surface area contributed by atoms with Crippen molar-refractivity contribution < 1.29 is 24.4 Å². The molecule has 0 bridgehead atoms. The first kappa shape index (κ1) is 27.5. The number of aliphatic hydroxyl groups excluding tert-OH is 1. The standard InChI is InChI=1S/C20H36O.H3O4P/c1-17(2)9-6-10-18(3)11-7-12-19(4)13-8-14-20(5)15-16-21;1-5(2,3)4/h9,11,13,20-21H,6-8,10,12,14-16H2,1-5H3;(H3,1,2,3,4). The second kappa shape index (κ2) is 16.5. The highest BCUT2D eigenvalue weighted by Gasteiger charge is 2.00. The summed E-state index contributed by atoms with van der Waals surface area (Å²) < 4.78 is 8.88. The zero-order valence-corrected chi connectivity index (χ0v) is 18.0. The monoisotopic (exact) mass is 390 g/mol. The van der Waals surface area contributed by atoms with Gasteiger partial charge in [0.15, 0.2) is 0 Å². The summed E-state index contributed by atoms with van der Waals surface area (Å²) in [6, 6.07) is 0. The van der Waals surface area contributed by atoms with Crippen molar-refractivity contribution in [2.45, 2.75) is 79.6 Å². The lowest BCUT2D eigenvalue weighted by Gasteiger charge is -2.07. The average Bonchev–Trinajstić information content (AvgIpc) is 2.45. The first-order valence-electron chi connectivity index (χ1n) is 9.29. The summed E-state index contributed by atoms with van der Waals surface area (Å²) >= 11 is 0. The van der Waals surface area contributed by atoms with E-state index in [0.29, 0.717) is 12.5 Å². The van der Waals surface area contributed by atoms with Crippen molar-refractivity contribution in [2.24, 2.45) is 5.92 Å². The van der Waals surface area contributed by atoms with E-state index < -0.39 is 7.82 Å². The zero-order chi connectivity index (χ0) is 20.6. The Labute approximate surface area is 159 Å². The van der Waals surface area contributed by atoms with Crippen LogP contribution in [0.1, 0.15) is 79.6 Å². The first-order chi connectivity index (χ1) is 12.0. The summed E-state index contributed by atoms with van der Waals surface area (Å²) in [5.74, 6) is 0.635. The largest absolute Gasteiger partial charge is 0.466 e. The predicted molar refractivity (Wildman–Crippen MR) is 110 cm³/mol. The number of allylic oxidation sites excluding steroid dienone is 6. The Morgan fingerprint density at radius 2 is 1.27 bits per heavy atom. The molecule has 0 rings (SSSR count). The van der Waals surface area contributed by atoms with Crippen LogP contribution in [0.5, 0.6) is 0 Å². The summed E-state index contributed by atoms with van der Waals surface area (Å²) in [5, 5.41) is 8.88. The third-order valence-electron chi connectivity index (χ3n) is 3.90. The molecule has 0 radical (unpaired) electrons. The van der Waals surface area contributed by atoms with Crippen molar-refractivity contribution in [1.29, 1.82) is 0 Å². The van der Waals surface area contributed by atoms with Crippen LogP contribution >= 0.6 is 7.82 Å². The Hall–Kier alpha value is -0.710. The average molecular weight is 391 g/mol. The molecule has 0 spiro atoms. The van der Waals surface area contributed by atoms with Gasteiger partial charge in [0.2, 0.25) is 0 Å². The molecule has 4 N–H and O–H groups in total. The van der Waals surface area contributed by atoms with Crippen LogP contribution in [0.15, 0.2) is 34.9 Å². The molecule has 0 saturated carbocycles. The van der Waals surface area contributed by atoms with Gasteiger partial charge in [0, 0.05) is 6.61 Å². The molecule has 0 aliphatic carbocycles. The lowest BCUT2D eigenvalue weighted by atomic mass is 10.0. The molecule has 154 valence electrons. The molecule has 1 atom stereocenters. The van der Waals surface area contributed by atoms with Gasteiger partial charge in [-0.25, -0.2) is 4.57 Å². The normalized spacial score (nSPS) is 13.7. The molecular weight excluding hydrogens is 351 g/mol. The summed E-state index contributed by atoms with van der Waals surface area (Å²) in [6.45, 7) is 11.3. The fourth-order valence-corrected chi connectivity index (χ4v) is 2.32. The van der Waals surface area contributed by atoms with Crippen molar-refractivity contribution in [2.75, 3.05) is 6.61 Å². The minimum atomic E-state index is -4.64. The van der Waals surface area contributed by atoms with Crippen LogP contribution in [0.4, 0.5) is 0 Å². The van der Waals surface area contributed by atoms with Crippen LogP contribution in [0.25, 0.3) is 0 Å². The molecule has 0 aliphatic rings. The van der Waals surface area contributed by atoms with Crippen molar-refractivity contribution in [3.8, 4) is 0 Å². The summed E-state index contributed by atoms with van der Waals surface area (Å²) in [4.78, 5) is 21.6. The van der Waals surface area contributed by atoms with Crippen molar-refractivity contribution >= 4 is 7.82 Å². The molecule has 0 aromatic carbocycles. The van der Waals surface area contributed by atoms with Crippen LogP contribution in [-0.2, 0) is 4.57 Å². The van der Waals surface area contributed by atoms with Gasteiger partial charge in [0.1, 0.15) is 0 Å². The van der Waals surface area contributed by atoms with E-state index in [4.69, 9.17) is 24.4 Å². The number of phosphoric acid groups is 1. The van der Waals surface area contributed by atoms with Crippen LogP contribution in [0, 0.1) is 5.92 Å². The molecular formula is C20H39O5P. The van der Waals surface area contributed by atoms with Crippen molar-refractivity contribution in [3.63, 3.8) is 0 Å². The molecule has 0 saturated heterocycles. The Kier molecular flexibility index (Phi) is 17.4. The highest BCUT2D eigenvalue weighted by atomic mass is 31.2. The third-order valence-corrected chi connectivity index (χ3v) is 3.90. The van der Waals surface area contributed by atoms with Crippen LogP contribution < -0.4 is 0 Å². The lowest BCUT2D eigenvalue weighted by molar-refractivity contribution is 0.259. The number of hydrogen-bond donors (Lipinski definition) is 4. The van der Waals surface area contributed by atoms with Gasteiger partial charge in [0.25, 0.3) is 0 Å². The van der Waals surface area contributed by atoms with Gasteiger partial charge in [-0.1, -0.05) is 41.9 Å². The Balaban J connectivity index is 0. The maximum atomic E-state index is 8.88. The van der Waals surface area contributed by atoms with E-state index in [9.17, 15) is 0 Å². The molecule has 6 heteroatoms. The fraction of sp³-hybridized carbons (Fsp3) is 0.700. The maximum absolute atomic E-state index is 8.88. The van der Waals surface area contributed by atoms with Crippen LogP contribution in [0.2, 0.25) is 0 Å². The molecule has 1 unspecified atom stereocenters. The Morgan fingerprint density at radius 1 is 0.846 bits per heavy atom. The van der Waals surface area contributed by atoms with Gasteiger partial charge in [0.05, 0.1) is 0 Å². The van der Waals surface area contributed by atoms with Crippen molar-refractivity contribution in [1.82, 2.24) is 0 Å². The van der Waals surface area contributed by atoms with Gasteiger partial charge < -0.3 is 19.8 Å². The predicted octanol–water partition coefficient (Wildman–Crippen LogP) is 5.28. The number of aliphatic hydroxyl groups is 1. The zero-order valence-electron chi connectivity index (χ0n) is 17.1. The molecule has 0 amide bonds. The molecule has 0 aromatic rings. The molecule has 0 heterocycles. The van der Waals surface area contributed by atoms with Gasteiger partial charge in [-0.2, -0.15) is 0 Å². The van der Waals surface area contributed by atoms with E-state index in [0.717, 1.165) is 19.3 Å². The van der Waals surface area contributed by atoms with E-state index >= 15 is 0 Å². The van der Waals surface area contributed by atoms with E-state index in [1.807, 2.05) is 0 Å². The SMILES string of the molecule is CC(C)=CCCC(C)=CCCC(C)=CCCC(C)CCO.O=P(O)(O)O.